The quantitative estimate of drug-likeness (QED) is 0.774. The van der Waals surface area contributed by atoms with E-state index in [0.29, 0.717) is 6.54 Å². The summed E-state index contributed by atoms with van der Waals surface area (Å²) < 4.78 is 0. The molecule has 2 heterocycles. The van der Waals surface area contributed by atoms with E-state index >= 15 is 0 Å². The van der Waals surface area contributed by atoms with E-state index in [4.69, 9.17) is 0 Å². The van der Waals surface area contributed by atoms with Gasteiger partial charge in [0.25, 0.3) is 0 Å². The van der Waals surface area contributed by atoms with Crippen molar-refractivity contribution in [1.82, 2.24) is 15.3 Å². The third kappa shape index (κ3) is 3.14. The number of hydrogen-bond acceptors (Lipinski definition) is 3. The molecule has 0 bridgehead atoms. The summed E-state index contributed by atoms with van der Waals surface area (Å²) >= 11 is 0. The van der Waals surface area contributed by atoms with E-state index in [-0.39, 0.29) is 6.03 Å². The van der Waals surface area contributed by atoms with Gasteiger partial charge in [0.15, 0.2) is 0 Å². The number of urea groups is 1. The van der Waals surface area contributed by atoms with Gasteiger partial charge in [0.05, 0.1) is 17.9 Å². The van der Waals surface area contributed by atoms with Gasteiger partial charge in [-0.15, -0.1) is 0 Å². The molecule has 0 saturated heterocycles. The van der Waals surface area contributed by atoms with Gasteiger partial charge in [-0.3, -0.25) is 9.97 Å². The number of carbonyl (C=O) groups is 1. The molecule has 5 heteroatoms. The third-order valence-electron chi connectivity index (χ3n) is 3.09. The number of nitrogens with one attached hydrogen (secondary N) is 2. The number of anilines is 1. The number of aromatic nitrogens is 2. The van der Waals surface area contributed by atoms with E-state index < -0.39 is 0 Å². The fourth-order valence-electron chi connectivity index (χ4n) is 2.07. The van der Waals surface area contributed by atoms with E-state index in [9.17, 15) is 4.79 Å². The number of pyridine rings is 2. The largest absolute Gasteiger partial charge is 0.332 e. The number of nitrogens with zero attached hydrogens (tertiary/aromatic N) is 2. The minimum absolute atomic E-state index is 0.259. The zero-order valence-corrected chi connectivity index (χ0v) is 11.3. The molecule has 2 N–H and O–H groups in total. The zero-order valence-electron chi connectivity index (χ0n) is 11.3. The Labute approximate surface area is 122 Å². The van der Waals surface area contributed by atoms with Crippen molar-refractivity contribution in [2.75, 3.05) is 5.32 Å². The van der Waals surface area contributed by atoms with E-state index in [1.807, 2.05) is 42.5 Å². The summed E-state index contributed by atoms with van der Waals surface area (Å²) in [6, 6.07) is 12.9. The first kappa shape index (κ1) is 13.1. The minimum atomic E-state index is -0.259. The van der Waals surface area contributed by atoms with Crippen LogP contribution in [0, 0.1) is 0 Å². The lowest BCUT2D eigenvalue weighted by Crippen LogP contribution is -2.28. The van der Waals surface area contributed by atoms with Crippen LogP contribution >= 0.6 is 0 Å². The Kier molecular flexibility index (Phi) is 3.73. The van der Waals surface area contributed by atoms with Crippen LogP contribution in [0.3, 0.4) is 0 Å². The third-order valence-corrected chi connectivity index (χ3v) is 3.09. The molecule has 3 rings (SSSR count). The van der Waals surface area contributed by atoms with Crippen molar-refractivity contribution < 1.29 is 4.79 Å². The molecule has 0 aliphatic carbocycles. The second-order valence-corrected chi connectivity index (χ2v) is 4.53. The lowest BCUT2D eigenvalue weighted by Gasteiger charge is -2.09. The Morgan fingerprint density at radius 2 is 2.00 bits per heavy atom. The molecule has 0 saturated carbocycles. The van der Waals surface area contributed by atoms with Gasteiger partial charge < -0.3 is 10.6 Å². The van der Waals surface area contributed by atoms with Gasteiger partial charge in [0.2, 0.25) is 0 Å². The second-order valence-electron chi connectivity index (χ2n) is 4.53. The lowest BCUT2D eigenvalue weighted by molar-refractivity contribution is 0.251. The molecule has 0 unspecified atom stereocenters. The molecule has 0 spiro atoms. The highest BCUT2D eigenvalue weighted by molar-refractivity contribution is 6.01. The van der Waals surface area contributed by atoms with Gasteiger partial charge in [-0.05, 0) is 24.3 Å². The SMILES string of the molecule is O=C(NCc1ccccn1)Nc1cccc2cnccc12. The van der Waals surface area contributed by atoms with Gasteiger partial charge in [-0.25, -0.2) is 4.79 Å². The summed E-state index contributed by atoms with van der Waals surface area (Å²) in [6.45, 7) is 0.388. The Balaban J connectivity index is 1.69. The van der Waals surface area contributed by atoms with Crippen molar-refractivity contribution in [2.45, 2.75) is 6.54 Å². The number of rotatable bonds is 3. The molecule has 21 heavy (non-hydrogen) atoms. The summed E-state index contributed by atoms with van der Waals surface area (Å²) in [5.41, 5.74) is 1.57. The van der Waals surface area contributed by atoms with Gasteiger partial charge in [-0.1, -0.05) is 18.2 Å². The zero-order chi connectivity index (χ0) is 14.5. The van der Waals surface area contributed by atoms with Crippen LogP contribution in [-0.4, -0.2) is 16.0 Å². The monoisotopic (exact) mass is 278 g/mol. The standard InChI is InChI=1S/C16H14N4O/c21-16(19-11-13-5-1-2-8-18-13)20-15-6-3-4-12-10-17-9-7-14(12)15/h1-10H,11H2,(H2,19,20,21). The summed E-state index contributed by atoms with van der Waals surface area (Å²) in [6.07, 6.45) is 5.18. The van der Waals surface area contributed by atoms with Gasteiger partial charge in [-0.2, -0.15) is 0 Å². The van der Waals surface area contributed by atoms with E-state index in [1.165, 1.54) is 0 Å². The first-order valence-corrected chi connectivity index (χ1v) is 6.60. The number of carbonyl (C=O) groups excluding carboxylic acids is 1. The minimum Gasteiger partial charge on any atom is -0.332 e. The van der Waals surface area contributed by atoms with Crippen LogP contribution in [0.4, 0.5) is 10.5 Å². The topological polar surface area (TPSA) is 66.9 Å². The Hall–Kier alpha value is -2.95. The first-order valence-electron chi connectivity index (χ1n) is 6.60. The number of amides is 2. The average Bonchev–Trinajstić information content (AvgIpc) is 2.54. The molecular formula is C16H14N4O. The Morgan fingerprint density at radius 1 is 1.05 bits per heavy atom. The number of fused-ring (bicyclic) bond motifs is 1. The van der Waals surface area contributed by atoms with Crippen LogP contribution in [0.25, 0.3) is 10.8 Å². The van der Waals surface area contributed by atoms with Crippen molar-refractivity contribution in [3.63, 3.8) is 0 Å². The molecule has 0 atom stereocenters. The summed E-state index contributed by atoms with van der Waals surface area (Å²) in [7, 11) is 0. The lowest BCUT2D eigenvalue weighted by atomic mass is 10.1. The van der Waals surface area contributed by atoms with Crippen LogP contribution < -0.4 is 10.6 Å². The van der Waals surface area contributed by atoms with Crippen molar-refractivity contribution in [3.05, 3.63) is 66.7 Å². The van der Waals surface area contributed by atoms with E-state index in [1.54, 1.807) is 18.6 Å². The van der Waals surface area contributed by atoms with Crippen molar-refractivity contribution in [3.8, 4) is 0 Å². The Bertz CT molecular complexity index is 753. The second kappa shape index (κ2) is 6.00. The molecule has 0 aliphatic heterocycles. The van der Waals surface area contributed by atoms with Crippen LogP contribution in [0.2, 0.25) is 0 Å². The number of hydrogen-bond donors (Lipinski definition) is 2. The average molecular weight is 278 g/mol. The summed E-state index contributed by atoms with van der Waals surface area (Å²) in [4.78, 5) is 20.2. The molecule has 5 nitrogen and oxygen atoms in total. The van der Waals surface area contributed by atoms with Gasteiger partial charge in [0.1, 0.15) is 0 Å². The van der Waals surface area contributed by atoms with Gasteiger partial charge in [0, 0.05) is 29.4 Å². The van der Waals surface area contributed by atoms with Crippen molar-refractivity contribution in [1.29, 1.82) is 0 Å². The molecule has 0 radical (unpaired) electrons. The van der Waals surface area contributed by atoms with E-state index in [2.05, 4.69) is 20.6 Å². The van der Waals surface area contributed by atoms with Crippen LogP contribution in [-0.2, 0) is 6.54 Å². The fourth-order valence-corrected chi connectivity index (χ4v) is 2.07. The molecule has 1 aromatic carbocycles. The predicted octanol–water partition coefficient (Wildman–Crippen LogP) is 2.95. The summed E-state index contributed by atoms with van der Waals surface area (Å²) in [5, 5.41) is 7.58. The maximum atomic E-state index is 12.0. The van der Waals surface area contributed by atoms with E-state index in [0.717, 1.165) is 22.2 Å². The van der Waals surface area contributed by atoms with Crippen LogP contribution in [0.5, 0.6) is 0 Å². The summed E-state index contributed by atoms with van der Waals surface area (Å²) in [5.74, 6) is 0. The Morgan fingerprint density at radius 3 is 2.86 bits per heavy atom. The molecule has 3 aromatic rings. The smallest absolute Gasteiger partial charge is 0.319 e. The predicted molar refractivity (Wildman–Crippen MR) is 81.8 cm³/mol. The fraction of sp³-hybridized carbons (Fsp3) is 0.0625. The van der Waals surface area contributed by atoms with Crippen LogP contribution in [0.1, 0.15) is 5.69 Å². The molecule has 2 aromatic heterocycles. The molecular weight excluding hydrogens is 264 g/mol. The first-order chi connectivity index (χ1) is 10.3. The maximum absolute atomic E-state index is 12.0. The maximum Gasteiger partial charge on any atom is 0.319 e. The number of benzene rings is 1. The molecule has 0 fully saturated rings. The van der Waals surface area contributed by atoms with Crippen LogP contribution in [0.15, 0.2) is 61.1 Å². The molecule has 0 aliphatic rings. The molecule has 104 valence electrons. The molecule has 2 amide bonds. The highest BCUT2D eigenvalue weighted by atomic mass is 16.2. The highest BCUT2D eigenvalue weighted by Gasteiger charge is 2.05. The van der Waals surface area contributed by atoms with Gasteiger partial charge >= 0.3 is 6.03 Å². The van der Waals surface area contributed by atoms with Crippen molar-refractivity contribution in [2.24, 2.45) is 0 Å². The van der Waals surface area contributed by atoms with Crippen molar-refractivity contribution >= 4 is 22.5 Å². The highest BCUT2D eigenvalue weighted by Crippen LogP contribution is 2.21. The normalized spacial score (nSPS) is 10.3.